The molecule has 0 saturated carbocycles. The fraction of sp³-hybridized carbons (Fsp3) is 0.286. The zero-order valence-electron chi connectivity index (χ0n) is 10.5. The second kappa shape index (κ2) is 7.74. The van der Waals surface area contributed by atoms with E-state index < -0.39 is 0 Å². The lowest BCUT2D eigenvalue weighted by Gasteiger charge is -2.05. The molecule has 2 rings (SSSR count). The highest BCUT2D eigenvalue weighted by Crippen LogP contribution is 2.13. The Labute approximate surface area is 116 Å². The summed E-state index contributed by atoms with van der Waals surface area (Å²) < 4.78 is 18.2. The summed E-state index contributed by atoms with van der Waals surface area (Å²) >= 11 is 1.82. The van der Waals surface area contributed by atoms with E-state index in [9.17, 15) is 4.39 Å². The number of hydrogen-bond donors (Lipinski definition) is 0. The van der Waals surface area contributed by atoms with Crippen molar-refractivity contribution < 1.29 is 9.13 Å². The van der Waals surface area contributed by atoms with Crippen LogP contribution in [0.2, 0.25) is 0 Å². The Bertz CT molecular complexity index is 479. The number of aromatic nitrogens is 2. The van der Waals surface area contributed by atoms with E-state index in [-0.39, 0.29) is 5.82 Å². The number of nitrogens with zero attached hydrogens (tertiary/aromatic N) is 2. The molecule has 0 radical (unpaired) electrons. The average Bonchev–Trinajstić information content (AvgIpc) is 2.46. The molecule has 3 nitrogen and oxygen atoms in total. The number of benzene rings is 1. The Balaban J connectivity index is 1.56. The van der Waals surface area contributed by atoms with E-state index in [0.717, 1.165) is 23.5 Å². The predicted octanol–water partition coefficient (Wildman–Crippen LogP) is 3.32. The highest BCUT2D eigenvalue weighted by molar-refractivity contribution is 7.98. The summed E-state index contributed by atoms with van der Waals surface area (Å²) in [6.07, 6.45) is 6.14. The van der Waals surface area contributed by atoms with Crippen LogP contribution in [0.25, 0.3) is 0 Å². The fourth-order valence-corrected chi connectivity index (χ4v) is 2.33. The summed E-state index contributed by atoms with van der Waals surface area (Å²) in [5.41, 5.74) is 1.13. The first-order chi connectivity index (χ1) is 9.34. The van der Waals surface area contributed by atoms with Gasteiger partial charge in [-0.25, -0.2) is 14.4 Å². The van der Waals surface area contributed by atoms with Crippen LogP contribution in [-0.2, 0) is 5.75 Å². The molecule has 19 heavy (non-hydrogen) atoms. The van der Waals surface area contributed by atoms with E-state index in [2.05, 4.69) is 9.97 Å². The van der Waals surface area contributed by atoms with Crippen molar-refractivity contribution in [1.82, 2.24) is 9.97 Å². The van der Waals surface area contributed by atoms with Crippen molar-refractivity contribution in [3.05, 3.63) is 54.4 Å². The summed E-state index contributed by atoms with van der Waals surface area (Å²) in [5, 5.41) is 0. The molecular formula is C14H15FN2OS. The van der Waals surface area contributed by atoms with Gasteiger partial charge in [0, 0.05) is 18.1 Å². The van der Waals surface area contributed by atoms with Crippen LogP contribution in [0.15, 0.2) is 43.0 Å². The standard InChI is InChI=1S/C14H15FN2OS/c15-13-2-4-14(5-3-13)18-6-1-7-19-10-12-8-16-11-17-9-12/h2-5,8-9,11H,1,6-7,10H2. The van der Waals surface area contributed by atoms with Gasteiger partial charge in [0.1, 0.15) is 17.9 Å². The van der Waals surface area contributed by atoms with Gasteiger partial charge in [-0.05, 0) is 42.0 Å². The SMILES string of the molecule is Fc1ccc(OCCCSCc2cncnc2)cc1. The molecule has 0 aliphatic carbocycles. The van der Waals surface area contributed by atoms with Crippen LogP contribution in [-0.4, -0.2) is 22.3 Å². The molecule has 0 fully saturated rings. The first kappa shape index (κ1) is 13.8. The number of ether oxygens (including phenoxy) is 1. The Morgan fingerprint density at radius 1 is 1.11 bits per heavy atom. The topological polar surface area (TPSA) is 35.0 Å². The highest BCUT2D eigenvalue weighted by Gasteiger charge is 1.96. The minimum atomic E-state index is -0.243. The van der Waals surface area contributed by atoms with Crippen molar-refractivity contribution >= 4 is 11.8 Å². The maximum absolute atomic E-state index is 12.7. The molecule has 0 spiro atoms. The molecule has 0 N–H and O–H groups in total. The first-order valence-electron chi connectivity index (χ1n) is 6.04. The van der Waals surface area contributed by atoms with Gasteiger partial charge in [0.15, 0.2) is 0 Å². The third kappa shape index (κ3) is 5.26. The van der Waals surface area contributed by atoms with Crippen LogP contribution in [0.5, 0.6) is 5.75 Å². The Hall–Kier alpha value is -1.62. The summed E-state index contributed by atoms with van der Waals surface area (Å²) in [5.74, 6) is 2.39. The Kier molecular flexibility index (Phi) is 5.62. The molecule has 0 atom stereocenters. The van der Waals surface area contributed by atoms with Crippen LogP contribution < -0.4 is 4.74 Å². The van der Waals surface area contributed by atoms with Crippen molar-refractivity contribution in [3.63, 3.8) is 0 Å². The molecule has 2 aromatic rings. The molecule has 0 aliphatic heterocycles. The third-order valence-corrected chi connectivity index (χ3v) is 3.51. The average molecular weight is 278 g/mol. The zero-order valence-corrected chi connectivity index (χ0v) is 11.3. The maximum Gasteiger partial charge on any atom is 0.123 e. The lowest BCUT2D eigenvalue weighted by Crippen LogP contribution is -1.99. The van der Waals surface area contributed by atoms with E-state index in [1.165, 1.54) is 18.5 Å². The van der Waals surface area contributed by atoms with Gasteiger partial charge in [-0.3, -0.25) is 0 Å². The maximum atomic E-state index is 12.7. The van der Waals surface area contributed by atoms with Gasteiger partial charge >= 0.3 is 0 Å². The fourth-order valence-electron chi connectivity index (χ4n) is 1.48. The van der Waals surface area contributed by atoms with Crippen molar-refractivity contribution in [2.75, 3.05) is 12.4 Å². The first-order valence-corrected chi connectivity index (χ1v) is 7.20. The molecule has 0 unspecified atom stereocenters. The van der Waals surface area contributed by atoms with Gasteiger partial charge in [-0.1, -0.05) is 0 Å². The number of halogens is 1. The van der Waals surface area contributed by atoms with Gasteiger partial charge in [-0.15, -0.1) is 0 Å². The molecule has 0 amide bonds. The van der Waals surface area contributed by atoms with Crippen molar-refractivity contribution in [2.45, 2.75) is 12.2 Å². The van der Waals surface area contributed by atoms with Crippen LogP contribution in [0.4, 0.5) is 4.39 Å². The second-order valence-corrected chi connectivity index (χ2v) is 5.06. The van der Waals surface area contributed by atoms with Crippen LogP contribution >= 0.6 is 11.8 Å². The van der Waals surface area contributed by atoms with E-state index >= 15 is 0 Å². The quantitative estimate of drug-likeness (QED) is 0.728. The third-order valence-electron chi connectivity index (χ3n) is 2.40. The minimum Gasteiger partial charge on any atom is -0.494 e. The van der Waals surface area contributed by atoms with E-state index in [0.29, 0.717) is 12.4 Å². The molecule has 5 heteroatoms. The van der Waals surface area contributed by atoms with Crippen molar-refractivity contribution in [2.24, 2.45) is 0 Å². The Morgan fingerprint density at radius 3 is 2.58 bits per heavy atom. The molecule has 1 aromatic heterocycles. The van der Waals surface area contributed by atoms with Gasteiger partial charge in [0.25, 0.3) is 0 Å². The van der Waals surface area contributed by atoms with Crippen LogP contribution in [0.1, 0.15) is 12.0 Å². The number of rotatable bonds is 7. The van der Waals surface area contributed by atoms with Gasteiger partial charge < -0.3 is 4.74 Å². The largest absolute Gasteiger partial charge is 0.494 e. The van der Waals surface area contributed by atoms with Gasteiger partial charge in [0.2, 0.25) is 0 Å². The normalized spacial score (nSPS) is 10.4. The lowest BCUT2D eigenvalue weighted by atomic mass is 10.3. The lowest BCUT2D eigenvalue weighted by molar-refractivity contribution is 0.318. The minimum absolute atomic E-state index is 0.243. The Morgan fingerprint density at radius 2 is 1.84 bits per heavy atom. The highest BCUT2D eigenvalue weighted by atomic mass is 32.2. The molecule has 0 saturated heterocycles. The molecule has 1 heterocycles. The van der Waals surface area contributed by atoms with E-state index in [1.54, 1.807) is 12.1 Å². The number of thioether (sulfide) groups is 1. The van der Waals surface area contributed by atoms with E-state index in [1.807, 2.05) is 24.2 Å². The summed E-state index contributed by atoms with van der Waals surface area (Å²) in [4.78, 5) is 7.93. The van der Waals surface area contributed by atoms with Gasteiger partial charge in [-0.2, -0.15) is 11.8 Å². The monoisotopic (exact) mass is 278 g/mol. The second-order valence-electron chi connectivity index (χ2n) is 3.96. The summed E-state index contributed by atoms with van der Waals surface area (Å²) in [7, 11) is 0. The molecule has 0 aliphatic rings. The number of hydrogen-bond acceptors (Lipinski definition) is 4. The predicted molar refractivity (Wildman–Crippen MR) is 74.7 cm³/mol. The zero-order chi connectivity index (χ0) is 13.3. The van der Waals surface area contributed by atoms with Crippen molar-refractivity contribution in [3.8, 4) is 5.75 Å². The summed E-state index contributed by atoms with van der Waals surface area (Å²) in [6.45, 7) is 0.643. The molecule has 100 valence electrons. The molecular weight excluding hydrogens is 263 g/mol. The summed E-state index contributed by atoms with van der Waals surface area (Å²) in [6, 6.07) is 6.09. The van der Waals surface area contributed by atoms with E-state index in [4.69, 9.17) is 4.74 Å². The van der Waals surface area contributed by atoms with Crippen LogP contribution in [0, 0.1) is 5.82 Å². The molecule has 1 aromatic carbocycles. The smallest absolute Gasteiger partial charge is 0.123 e. The van der Waals surface area contributed by atoms with Crippen molar-refractivity contribution in [1.29, 1.82) is 0 Å². The molecule has 0 bridgehead atoms. The van der Waals surface area contributed by atoms with Crippen LogP contribution in [0.3, 0.4) is 0 Å². The van der Waals surface area contributed by atoms with Gasteiger partial charge in [0.05, 0.1) is 6.61 Å².